The maximum Gasteiger partial charge on any atom is 0.123 e. The summed E-state index contributed by atoms with van der Waals surface area (Å²) < 4.78 is 20.3. The van der Waals surface area contributed by atoms with E-state index in [4.69, 9.17) is 10.5 Å². The van der Waals surface area contributed by atoms with Crippen LogP contribution in [0.5, 0.6) is 0 Å². The van der Waals surface area contributed by atoms with Crippen LogP contribution in [0.15, 0.2) is 73.1 Å². The van der Waals surface area contributed by atoms with Gasteiger partial charge in [0.15, 0.2) is 0 Å². The van der Waals surface area contributed by atoms with Gasteiger partial charge in [0.1, 0.15) is 5.82 Å². The first-order valence-corrected chi connectivity index (χ1v) is 12.2. The minimum atomic E-state index is -0.191. The number of pyridine rings is 1. The van der Waals surface area contributed by atoms with E-state index in [1.165, 1.54) is 35.1 Å². The molecule has 1 aliphatic heterocycles. The first-order valence-electron chi connectivity index (χ1n) is 12.2. The van der Waals surface area contributed by atoms with Crippen LogP contribution in [0.4, 0.5) is 4.39 Å². The number of halogens is 2. The molecule has 1 aliphatic carbocycles. The standard InChI is InChI=1S/C29H33FN2O.ClH/c30-26-9-7-24(8-10-26)29(15-18-33-28(21-29)13-3-4-14-28)25(20-31)19-23-5-1-2-6-27(23)22-11-16-32-17-12-22;/h1-2,5-12,16-17,25H,3-4,13-15,18-21,31H2;1H/t25-,29?;/m0./s1. The Morgan fingerprint density at radius 2 is 1.65 bits per heavy atom. The molecule has 5 heteroatoms. The van der Waals surface area contributed by atoms with Gasteiger partial charge in [0.2, 0.25) is 0 Å². The fraction of sp³-hybridized carbons (Fsp3) is 0.414. The first-order chi connectivity index (χ1) is 16.1. The van der Waals surface area contributed by atoms with Crippen molar-refractivity contribution < 1.29 is 9.13 Å². The Morgan fingerprint density at radius 1 is 0.941 bits per heavy atom. The Kier molecular flexibility index (Phi) is 7.71. The molecule has 0 amide bonds. The van der Waals surface area contributed by atoms with Crippen LogP contribution >= 0.6 is 12.4 Å². The fourth-order valence-corrected chi connectivity index (χ4v) is 6.40. The lowest BCUT2D eigenvalue weighted by molar-refractivity contribution is -0.113. The second kappa shape index (κ2) is 10.6. The number of benzene rings is 2. The van der Waals surface area contributed by atoms with Gasteiger partial charge in [0.05, 0.1) is 5.60 Å². The number of hydrogen-bond donors (Lipinski definition) is 1. The summed E-state index contributed by atoms with van der Waals surface area (Å²) in [5.74, 6) is 0.0381. The van der Waals surface area contributed by atoms with E-state index in [9.17, 15) is 4.39 Å². The summed E-state index contributed by atoms with van der Waals surface area (Å²) in [6.07, 6.45) is 11.1. The lowest BCUT2D eigenvalue weighted by Gasteiger charge is -2.51. The normalized spacial score (nSPS) is 22.3. The van der Waals surface area contributed by atoms with E-state index in [1.807, 2.05) is 24.5 Å². The van der Waals surface area contributed by atoms with Crippen molar-refractivity contribution in [2.75, 3.05) is 13.2 Å². The second-order valence-electron chi connectivity index (χ2n) is 9.86. The highest BCUT2D eigenvalue weighted by atomic mass is 35.5. The van der Waals surface area contributed by atoms with Crippen LogP contribution in [0.3, 0.4) is 0 Å². The summed E-state index contributed by atoms with van der Waals surface area (Å²) in [5, 5.41) is 0. The molecule has 0 radical (unpaired) electrons. The van der Waals surface area contributed by atoms with Crippen LogP contribution < -0.4 is 5.73 Å². The van der Waals surface area contributed by atoms with Crippen LogP contribution in [-0.2, 0) is 16.6 Å². The highest BCUT2D eigenvalue weighted by Gasteiger charge is 2.51. The molecule has 1 spiro atoms. The number of nitrogens with two attached hydrogens (primary N) is 1. The maximum atomic E-state index is 13.9. The fourth-order valence-electron chi connectivity index (χ4n) is 6.40. The molecule has 1 aromatic heterocycles. The molecule has 180 valence electrons. The Labute approximate surface area is 208 Å². The van der Waals surface area contributed by atoms with E-state index < -0.39 is 0 Å². The zero-order valence-electron chi connectivity index (χ0n) is 19.6. The summed E-state index contributed by atoms with van der Waals surface area (Å²) in [6, 6.07) is 19.9. The Morgan fingerprint density at radius 3 is 2.35 bits per heavy atom. The van der Waals surface area contributed by atoms with E-state index in [2.05, 4.69) is 41.4 Å². The van der Waals surface area contributed by atoms with Gasteiger partial charge < -0.3 is 10.5 Å². The number of ether oxygens (including phenoxy) is 1. The van der Waals surface area contributed by atoms with Gasteiger partial charge in [-0.2, -0.15) is 0 Å². The molecule has 1 saturated heterocycles. The number of hydrogen-bond acceptors (Lipinski definition) is 3. The molecule has 2 N–H and O–H groups in total. The molecule has 2 heterocycles. The van der Waals surface area contributed by atoms with Crippen molar-refractivity contribution in [2.45, 2.75) is 56.0 Å². The molecule has 2 atom stereocenters. The van der Waals surface area contributed by atoms with Gasteiger partial charge in [0, 0.05) is 24.4 Å². The Bertz CT molecular complexity index is 1070. The first kappa shape index (κ1) is 24.8. The highest BCUT2D eigenvalue weighted by molar-refractivity contribution is 5.85. The third kappa shape index (κ3) is 4.77. The van der Waals surface area contributed by atoms with E-state index in [0.717, 1.165) is 38.7 Å². The maximum absolute atomic E-state index is 13.9. The monoisotopic (exact) mass is 480 g/mol. The highest BCUT2D eigenvalue weighted by Crippen LogP contribution is 2.52. The van der Waals surface area contributed by atoms with Crippen molar-refractivity contribution in [2.24, 2.45) is 11.7 Å². The van der Waals surface area contributed by atoms with E-state index in [1.54, 1.807) is 12.1 Å². The topological polar surface area (TPSA) is 48.1 Å². The molecule has 1 unspecified atom stereocenters. The Hall–Kier alpha value is -2.27. The minimum absolute atomic E-state index is 0. The third-order valence-electron chi connectivity index (χ3n) is 8.07. The Balaban J connectivity index is 0.00000274. The third-order valence-corrected chi connectivity index (χ3v) is 8.07. The summed E-state index contributed by atoms with van der Waals surface area (Å²) in [6.45, 7) is 1.32. The molecule has 3 nitrogen and oxygen atoms in total. The predicted molar refractivity (Wildman–Crippen MR) is 138 cm³/mol. The number of rotatable bonds is 6. The van der Waals surface area contributed by atoms with E-state index in [-0.39, 0.29) is 35.2 Å². The average Bonchev–Trinajstić information content (AvgIpc) is 3.30. The van der Waals surface area contributed by atoms with Crippen molar-refractivity contribution in [1.82, 2.24) is 4.98 Å². The van der Waals surface area contributed by atoms with Crippen molar-refractivity contribution in [3.8, 4) is 11.1 Å². The summed E-state index contributed by atoms with van der Waals surface area (Å²) in [5.41, 5.74) is 11.3. The van der Waals surface area contributed by atoms with Gasteiger partial charge in [-0.3, -0.25) is 4.98 Å². The molecule has 3 aromatic rings. The molecule has 2 aliphatic rings. The predicted octanol–water partition coefficient (Wildman–Crippen LogP) is 6.49. The molecule has 2 aromatic carbocycles. The minimum Gasteiger partial charge on any atom is -0.375 e. The molecular weight excluding hydrogens is 447 g/mol. The van der Waals surface area contributed by atoms with Crippen molar-refractivity contribution in [3.63, 3.8) is 0 Å². The quantitative estimate of drug-likeness (QED) is 0.438. The number of nitrogens with zero attached hydrogens (tertiary/aromatic N) is 1. The number of aromatic nitrogens is 1. The van der Waals surface area contributed by atoms with Crippen LogP contribution in [-0.4, -0.2) is 23.7 Å². The van der Waals surface area contributed by atoms with Gasteiger partial charge in [-0.25, -0.2) is 4.39 Å². The van der Waals surface area contributed by atoms with Crippen LogP contribution in [0.1, 0.15) is 49.7 Å². The van der Waals surface area contributed by atoms with Crippen LogP contribution in [0, 0.1) is 11.7 Å². The molecular formula is C29H34ClFN2O. The molecule has 34 heavy (non-hydrogen) atoms. The lowest BCUT2D eigenvalue weighted by atomic mass is 9.59. The smallest absolute Gasteiger partial charge is 0.123 e. The lowest BCUT2D eigenvalue weighted by Crippen LogP contribution is -2.52. The largest absolute Gasteiger partial charge is 0.375 e. The zero-order valence-corrected chi connectivity index (χ0v) is 20.4. The van der Waals surface area contributed by atoms with Gasteiger partial charge in [-0.15, -0.1) is 12.4 Å². The summed E-state index contributed by atoms with van der Waals surface area (Å²) >= 11 is 0. The van der Waals surface area contributed by atoms with Crippen molar-refractivity contribution >= 4 is 12.4 Å². The summed E-state index contributed by atoms with van der Waals surface area (Å²) in [7, 11) is 0. The van der Waals surface area contributed by atoms with Crippen molar-refractivity contribution in [1.29, 1.82) is 0 Å². The molecule has 0 bridgehead atoms. The van der Waals surface area contributed by atoms with Crippen LogP contribution in [0.25, 0.3) is 11.1 Å². The van der Waals surface area contributed by atoms with Gasteiger partial charge in [0.25, 0.3) is 0 Å². The zero-order chi connectivity index (χ0) is 22.7. The van der Waals surface area contributed by atoms with E-state index in [0.29, 0.717) is 6.54 Å². The van der Waals surface area contributed by atoms with E-state index >= 15 is 0 Å². The van der Waals surface area contributed by atoms with Gasteiger partial charge >= 0.3 is 0 Å². The molecule has 1 saturated carbocycles. The van der Waals surface area contributed by atoms with Gasteiger partial charge in [-0.1, -0.05) is 49.2 Å². The van der Waals surface area contributed by atoms with Gasteiger partial charge in [-0.05, 0) is 91.1 Å². The second-order valence-corrected chi connectivity index (χ2v) is 9.86. The summed E-state index contributed by atoms with van der Waals surface area (Å²) in [4.78, 5) is 4.19. The molecule has 2 fully saturated rings. The van der Waals surface area contributed by atoms with Crippen molar-refractivity contribution in [3.05, 3.63) is 90.0 Å². The average molecular weight is 481 g/mol. The van der Waals surface area contributed by atoms with Crippen LogP contribution in [0.2, 0.25) is 0 Å². The SMILES string of the molecule is Cl.NC[C@H](Cc1ccccc1-c1ccncc1)C1(c2ccc(F)cc2)CCOC2(CCCC2)C1. The molecule has 5 rings (SSSR count).